The summed E-state index contributed by atoms with van der Waals surface area (Å²) in [5.74, 6) is 1.59. The number of hydrogen-bond donors (Lipinski definition) is 0. The van der Waals surface area contributed by atoms with E-state index in [9.17, 15) is 4.79 Å². The van der Waals surface area contributed by atoms with Gasteiger partial charge in [-0.2, -0.15) is 5.10 Å². The lowest BCUT2D eigenvalue weighted by Crippen LogP contribution is -2.26. The first kappa shape index (κ1) is 15.1. The lowest BCUT2D eigenvalue weighted by Gasteiger charge is -2.16. The van der Waals surface area contributed by atoms with Crippen molar-refractivity contribution in [3.8, 4) is 5.69 Å². The number of furan rings is 1. The van der Waals surface area contributed by atoms with Crippen LogP contribution >= 0.6 is 0 Å². The summed E-state index contributed by atoms with van der Waals surface area (Å²) in [6.07, 6.45) is 1.76. The van der Waals surface area contributed by atoms with Gasteiger partial charge < -0.3 is 9.32 Å². The molecule has 5 heteroatoms. The second-order valence-corrected chi connectivity index (χ2v) is 5.60. The molecule has 0 unspecified atom stereocenters. The second-order valence-electron chi connectivity index (χ2n) is 5.60. The van der Waals surface area contributed by atoms with Crippen molar-refractivity contribution in [3.63, 3.8) is 0 Å². The van der Waals surface area contributed by atoms with E-state index in [1.54, 1.807) is 18.1 Å². The Labute approximate surface area is 135 Å². The summed E-state index contributed by atoms with van der Waals surface area (Å²) in [6.45, 7) is 4.33. The van der Waals surface area contributed by atoms with Crippen LogP contribution in [-0.2, 0) is 6.54 Å². The van der Waals surface area contributed by atoms with E-state index in [0.717, 1.165) is 22.9 Å². The SMILES string of the molecule is Cc1ccc(CN(C)C(=O)c2ccc(-n3nccc3C)cc2)o1. The fourth-order valence-electron chi connectivity index (χ4n) is 2.48. The highest BCUT2D eigenvalue weighted by Gasteiger charge is 2.14. The van der Waals surface area contributed by atoms with Crippen molar-refractivity contribution in [1.82, 2.24) is 14.7 Å². The topological polar surface area (TPSA) is 51.3 Å². The van der Waals surface area contributed by atoms with Crippen molar-refractivity contribution >= 4 is 5.91 Å². The molecule has 0 aliphatic heterocycles. The van der Waals surface area contributed by atoms with Gasteiger partial charge >= 0.3 is 0 Å². The number of carbonyl (C=O) groups excluding carboxylic acids is 1. The van der Waals surface area contributed by atoms with E-state index >= 15 is 0 Å². The number of hydrogen-bond acceptors (Lipinski definition) is 3. The maximum atomic E-state index is 12.5. The fourth-order valence-corrected chi connectivity index (χ4v) is 2.48. The van der Waals surface area contributed by atoms with Crippen molar-refractivity contribution in [3.05, 3.63) is 71.4 Å². The van der Waals surface area contributed by atoms with E-state index in [0.29, 0.717) is 12.1 Å². The quantitative estimate of drug-likeness (QED) is 0.742. The van der Waals surface area contributed by atoms with Gasteiger partial charge in [-0.05, 0) is 56.3 Å². The normalized spacial score (nSPS) is 10.7. The van der Waals surface area contributed by atoms with Gasteiger partial charge in [0.1, 0.15) is 11.5 Å². The first-order valence-electron chi connectivity index (χ1n) is 7.46. The molecule has 0 atom stereocenters. The maximum absolute atomic E-state index is 12.5. The summed E-state index contributed by atoms with van der Waals surface area (Å²) in [7, 11) is 1.77. The van der Waals surface area contributed by atoms with Gasteiger partial charge in [-0.25, -0.2) is 4.68 Å². The molecule has 0 N–H and O–H groups in total. The Morgan fingerprint density at radius 2 is 1.87 bits per heavy atom. The monoisotopic (exact) mass is 309 g/mol. The maximum Gasteiger partial charge on any atom is 0.254 e. The Bertz CT molecular complexity index is 815. The average Bonchev–Trinajstić information content (AvgIpc) is 3.15. The molecule has 0 aliphatic carbocycles. The molecule has 3 rings (SSSR count). The molecule has 0 bridgehead atoms. The molecule has 0 saturated carbocycles. The van der Waals surface area contributed by atoms with E-state index < -0.39 is 0 Å². The van der Waals surface area contributed by atoms with E-state index in [1.807, 2.05) is 61.0 Å². The highest BCUT2D eigenvalue weighted by atomic mass is 16.3. The number of amides is 1. The summed E-state index contributed by atoms with van der Waals surface area (Å²) in [6, 6.07) is 13.2. The number of aryl methyl sites for hydroxylation is 2. The zero-order chi connectivity index (χ0) is 16.4. The molecular formula is C18H19N3O2. The van der Waals surface area contributed by atoms with Crippen LogP contribution in [0.15, 0.2) is 53.1 Å². The molecule has 0 saturated heterocycles. The predicted molar refractivity (Wildman–Crippen MR) is 87.5 cm³/mol. The third kappa shape index (κ3) is 3.18. The Morgan fingerprint density at radius 3 is 2.43 bits per heavy atom. The van der Waals surface area contributed by atoms with Crippen LogP contribution in [-0.4, -0.2) is 27.6 Å². The molecule has 1 amide bonds. The number of carbonyl (C=O) groups is 1. The van der Waals surface area contributed by atoms with Gasteiger partial charge in [-0.15, -0.1) is 0 Å². The van der Waals surface area contributed by atoms with Crippen LogP contribution in [0.25, 0.3) is 5.69 Å². The molecular weight excluding hydrogens is 290 g/mol. The van der Waals surface area contributed by atoms with E-state index in [1.165, 1.54) is 0 Å². The largest absolute Gasteiger partial charge is 0.464 e. The van der Waals surface area contributed by atoms with Crippen molar-refractivity contribution < 1.29 is 9.21 Å². The van der Waals surface area contributed by atoms with Crippen LogP contribution in [0.2, 0.25) is 0 Å². The fraction of sp³-hybridized carbons (Fsp3) is 0.222. The highest BCUT2D eigenvalue weighted by molar-refractivity contribution is 5.94. The van der Waals surface area contributed by atoms with Crippen molar-refractivity contribution in [1.29, 1.82) is 0 Å². The average molecular weight is 309 g/mol. The number of aromatic nitrogens is 2. The van der Waals surface area contributed by atoms with Crippen molar-refractivity contribution in [2.45, 2.75) is 20.4 Å². The Hall–Kier alpha value is -2.82. The molecule has 2 aromatic heterocycles. The molecule has 23 heavy (non-hydrogen) atoms. The van der Waals surface area contributed by atoms with Gasteiger partial charge in [0, 0.05) is 24.5 Å². The molecule has 0 aliphatic rings. The minimum Gasteiger partial charge on any atom is -0.464 e. The Balaban J connectivity index is 1.73. The number of rotatable bonds is 4. The minimum atomic E-state index is -0.0391. The summed E-state index contributed by atoms with van der Waals surface area (Å²) < 4.78 is 7.35. The van der Waals surface area contributed by atoms with Gasteiger partial charge in [0.25, 0.3) is 5.91 Å². The van der Waals surface area contributed by atoms with Crippen molar-refractivity contribution in [2.75, 3.05) is 7.05 Å². The smallest absolute Gasteiger partial charge is 0.254 e. The van der Waals surface area contributed by atoms with Gasteiger partial charge in [0.15, 0.2) is 0 Å². The molecule has 2 heterocycles. The Morgan fingerprint density at radius 1 is 1.13 bits per heavy atom. The highest BCUT2D eigenvalue weighted by Crippen LogP contribution is 2.14. The minimum absolute atomic E-state index is 0.0391. The molecule has 118 valence electrons. The third-order valence-electron chi connectivity index (χ3n) is 3.73. The molecule has 0 radical (unpaired) electrons. The Kier molecular flexibility index (Phi) is 4.02. The van der Waals surface area contributed by atoms with Crippen molar-refractivity contribution in [2.24, 2.45) is 0 Å². The van der Waals surface area contributed by atoms with Gasteiger partial charge in [0.2, 0.25) is 0 Å². The molecule has 5 nitrogen and oxygen atoms in total. The standard InChI is InChI=1S/C18H19N3O2/c1-13-10-11-19-21(13)16-7-5-15(6-8-16)18(22)20(3)12-17-9-4-14(2)23-17/h4-11H,12H2,1-3H3. The van der Waals surface area contributed by atoms with Gasteiger partial charge in [-0.1, -0.05) is 0 Å². The summed E-state index contributed by atoms with van der Waals surface area (Å²) in [5.41, 5.74) is 2.63. The van der Waals surface area contributed by atoms with Crippen LogP contribution in [0.1, 0.15) is 27.6 Å². The van der Waals surface area contributed by atoms with Crippen LogP contribution in [0.5, 0.6) is 0 Å². The molecule has 0 spiro atoms. The van der Waals surface area contributed by atoms with Crippen LogP contribution in [0, 0.1) is 13.8 Å². The molecule has 0 fully saturated rings. The first-order valence-corrected chi connectivity index (χ1v) is 7.46. The molecule has 1 aromatic carbocycles. The zero-order valence-corrected chi connectivity index (χ0v) is 13.5. The number of benzene rings is 1. The van der Waals surface area contributed by atoms with Crippen LogP contribution in [0.3, 0.4) is 0 Å². The molecule has 3 aromatic rings. The van der Waals surface area contributed by atoms with Gasteiger partial charge in [-0.3, -0.25) is 4.79 Å². The summed E-state index contributed by atoms with van der Waals surface area (Å²) in [4.78, 5) is 14.1. The first-order chi connectivity index (χ1) is 11.0. The van der Waals surface area contributed by atoms with Crippen LogP contribution < -0.4 is 0 Å². The summed E-state index contributed by atoms with van der Waals surface area (Å²) >= 11 is 0. The third-order valence-corrected chi connectivity index (χ3v) is 3.73. The van der Waals surface area contributed by atoms with E-state index in [2.05, 4.69) is 5.10 Å². The number of nitrogens with zero attached hydrogens (tertiary/aromatic N) is 3. The summed E-state index contributed by atoms with van der Waals surface area (Å²) in [5, 5.41) is 4.26. The zero-order valence-electron chi connectivity index (χ0n) is 13.5. The van der Waals surface area contributed by atoms with E-state index in [-0.39, 0.29) is 5.91 Å². The lowest BCUT2D eigenvalue weighted by molar-refractivity contribution is 0.0775. The van der Waals surface area contributed by atoms with Crippen LogP contribution in [0.4, 0.5) is 0 Å². The predicted octanol–water partition coefficient (Wildman–Crippen LogP) is 3.35. The van der Waals surface area contributed by atoms with Gasteiger partial charge in [0.05, 0.1) is 12.2 Å². The van der Waals surface area contributed by atoms with E-state index in [4.69, 9.17) is 4.42 Å². The lowest BCUT2D eigenvalue weighted by atomic mass is 10.2. The second kappa shape index (κ2) is 6.12.